The highest BCUT2D eigenvalue weighted by molar-refractivity contribution is 7.14. The number of carbonyl (C=O) groups is 2. The highest BCUT2D eigenvalue weighted by Gasteiger charge is 2.00. The van der Waals surface area contributed by atoms with Gasteiger partial charge in [-0.2, -0.15) is 0 Å². The fraction of sp³-hybridized carbons (Fsp3) is 0.125. The molecule has 0 bridgehead atoms. The average molecular weight is 212 g/mol. The van der Waals surface area contributed by atoms with Crippen LogP contribution in [-0.2, 0) is 9.59 Å². The number of aromatic nitrogens is 1. The molecule has 0 saturated heterocycles. The lowest BCUT2D eigenvalue weighted by Gasteiger charge is -1.91. The van der Waals surface area contributed by atoms with Crippen LogP contribution in [0.25, 0.3) is 6.08 Å². The van der Waals surface area contributed by atoms with Gasteiger partial charge in [-0.15, -0.1) is 11.3 Å². The first-order chi connectivity index (χ1) is 6.58. The first-order valence-electron chi connectivity index (χ1n) is 3.72. The minimum atomic E-state index is -1.03. The summed E-state index contributed by atoms with van der Waals surface area (Å²) in [6, 6.07) is 0. The summed E-state index contributed by atoms with van der Waals surface area (Å²) < 4.78 is 0. The first-order valence-corrected chi connectivity index (χ1v) is 4.60. The van der Waals surface area contributed by atoms with Crippen LogP contribution in [0.4, 0.5) is 5.13 Å². The molecule has 1 rings (SSSR count). The molecule has 1 aromatic rings. The molecule has 0 aliphatic carbocycles. The summed E-state index contributed by atoms with van der Waals surface area (Å²) in [5.74, 6) is -1.23. The van der Waals surface area contributed by atoms with E-state index in [1.807, 2.05) is 0 Å². The van der Waals surface area contributed by atoms with Crippen molar-refractivity contribution in [3.63, 3.8) is 0 Å². The number of nitrogens with one attached hydrogen (secondary N) is 1. The standard InChI is InChI=1S/C8H8N2O3S/c1-5(11)9-8-10-6(4-14-8)2-3-7(12)13/h2-4H,1H3,(H,12,13)(H,9,10,11)/b3-2+. The van der Waals surface area contributed by atoms with E-state index in [-0.39, 0.29) is 5.91 Å². The van der Waals surface area contributed by atoms with E-state index in [0.717, 1.165) is 6.08 Å². The summed E-state index contributed by atoms with van der Waals surface area (Å²) in [4.78, 5) is 24.8. The molecule has 1 amide bonds. The van der Waals surface area contributed by atoms with E-state index in [2.05, 4.69) is 10.3 Å². The van der Waals surface area contributed by atoms with Crippen molar-refractivity contribution in [2.45, 2.75) is 6.92 Å². The Bertz CT molecular complexity index is 384. The number of carbonyl (C=O) groups excluding carboxylic acids is 1. The molecule has 2 N–H and O–H groups in total. The van der Waals surface area contributed by atoms with Gasteiger partial charge in [-0.3, -0.25) is 4.79 Å². The normalized spacial score (nSPS) is 10.4. The van der Waals surface area contributed by atoms with E-state index < -0.39 is 5.97 Å². The zero-order valence-corrected chi connectivity index (χ0v) is 8.17. The molecule has 0 radical (unpaired) electrons. The Balaban J connectivity index is 2.68. The van der Waals surface area contributed by atoms with E-state index in [9.17, 15) is 9.59 Å². The molecular weight excluding hydrogens is 204 g/mol. The second-order valence-corrected chi connectivity index (χ2v) is 3.29. The molecule has 0 saturated carbocycles. The molecule has 6 heteroatoms. The summed E-state index contributed by atoms with van der Waals surface area (Å²) in [5, 5.41) is 13.0. The monoisotopic (exact) mass is 212 g/mol. The molecule has 0 atom stereocenters. The van der Waals surface area contributed by atoms with E-state index in [0.29, 0.717) is 10.8 Å². The third-order valence-corrected chi connectivity index (χ3v) is 1.98. The number of anilines is 1. The Morgan fingerprint density at radius 1 is 1.64 bits per heavy atom. The third-order valence-electron chi connectivity index (χ3n) is 1.20. The zero-order valence-electron chi connectivity index (χ0n) is 7.35. The molecule has 0 aromatic carbocycles. The van der Waals surface area contributed by atoms with Gasteiger partial charge in [-0.1, -0.05) is 0 Å². The highest BCUT2D eigenvalue weighted by atomic mass is 32.1. The van der Waals surface area contributed by atoms with Gasteiger partial charge in [0.15, 0.2) is 5.13 Å². The largest absolute Gasteiger partial charge is 0.478 e. The summed E-state index contributed by atoms with van der Waals surface area (Å²) in [6.45, 7) is 1.38. The van der Waals surface area contributed by atoms with Crippen molar-refractivity contribution in [1.82, 2.24) is 4.98 Å². The van der Waals surface area contributed by atoms with Crippen LogP contribution >= 0.6 is 11.3 Å². The van der Waals surface area contributed by atoms with Crippen LogP contribution in [0.15, 0.2) is 11.5 Å². The Labute approximate surface area is 84.1 Å². The Kier molecular flexibility index (Phi) is 3.35. The van der Waals surface area contributed by atoms with Gasteiger partial charge in [-0.25, -0.2) is 9.78 Å². The average Bonchev–Trinajstić information content (AvgIpc) is 2.47. The van der Waals surface area contributed by atoms with Crippen molar-refractivity contribution in [3.8, 4) is 0 Å². The van der Waals surface area contributed by atoms with Crippen molar-refractivity contribution in [1.29, 1.82) is 0 Å². The van der Waals surface area contributed by atoms with Gasteiger partial charge in [0, 0.05) is 18.4 Å². The van der Waals surface area contributed by atoms with E-state index in [1.165, 1.54) is 24.3 Å². The van der Waals surface area contributed by atoms with Crippen LogP contribution in [-0.4, -0.2) is 22.0 Å². The molecule has 0 spiro atoms. The molecule has 5 nitrogen and oxygen atoms in total. The Morgan fingerprint density at radius 3 is 2.93 bits per heavy atom. The fourth-order valence-electron chi connectivity index (χ4n) is 0.727. The summed E-state index contributed by atoms with van der Waals surface area (Å²) in [5.41, 5.74) is 0.515. The first kappa shape index (κ1) is 10.4. The van der Waals surface area contributed by atoms with E-state index in [4.69, 9.17) is 5.11 Å². The van der Waals surface area contributed by atoms with Crippen LogP contribution in [0.5, 0.6) is 0 Å². The lowest BCUT2D eigenvalue weighted by atomic mass is 10.4. The van der Waals surface area contributed by atoms with Gasteiger partial charge < -0.3 is 10.4 Å². The molecule has 0 fully saturated rings. The Morgan fingerprint density at radius 2 is 2.36 bits per heavy atom. The van der Waals surface area contributed by atoms with Crippen molar-refractivity contribution in [2.75, 3.05) is 5.32 Å². The van der Waals surface area contributed by atoms with Gasteiger partial charge in [0.2, 0.25) is 5.91 Å². The second-order valence-electron chi connectivity index (χ2n) is 2.43. The number of nitrogens with zero attached hydrogens (tertiary/aromatic N) is 1. The second kappa shape index (κ2) is 4.52. The number of carboxylic acid groups (broad SMARTS) is 1. The van der Waals surface area contributed by atoms with Gasteiger partial charge >= 0.3 is 5.97 Å². The third kappa shape index (κ3) is 3.36. The van der Waals surface area contributed by atoms with Crippen molar-refractivity contribution in [3.05, 3.63) is 17.2 Å². The van der Waals surface area contributed by atoms with Gasteiger partial charge in [0.05, 0.1) is 5.69 Å². The number of rotatable bonds is 3. The molecule has 0 unspecified atom stereocenters. The molecule has 1 aromatic heterocycles. The highest BCUT2D eigenvalue weighted by Crippen LogP contribution is 2.15. The minimum absolute atomic E-state index is 0.201. The van der Waals surface area contributed by atoms with E-state index >= 15 is 0 Å². The van der Waals surface area contributed by atoms with Gasteiger partial charge in [0.1, 0.15) is 0 Å². The van der Waals surface area contributed by atoms with Gasteiger partial charge in [0.25, 0.3) is 0 Å². The van der Waals surface area contributed by atoms with Crippen molar-refractivity contribution in [2.24, 2.45) is 0 Å². The number of hydrogen-bond acceptors (Lipinski definition) is 4. The summed E-state index contributed by atoms with van der Waals surface area (Å²) in [7, 11) is 0. The molecule has 0 aliphatic heterocycles. The number of aliphatic carboxylic acids is 1. The van der Waals surface area contributed by atoms with E-state index in [1.54, 1.807) is 5.38 Å². The predicted molar refractivity (Wildman–Crippen MR) is 53.1 cm³/mol. The molecule has 14 heavy (non-hydrogen) atoms. The van der Waals surface area contributed by atoms with Crippen molar-refractivity contribution < 1.29 is 14.7 Å². The smallest absolute Gasteiger partial charge is 0.328 e. The lowest BCUT2D eigenvalue weighted by Crippen LogP contribution is -2.04. The summed E-state index contributed by atoms with van der Waals surface area (Å²) in [6.07, 6.45) is 2.36. The quantitative estimate of drug-likeness (QED) is 0.738. The SMILES string of the molecule is CC(=O)Nc1nc(/C=C/C(=O)O)cs1. The fourth-order valence-corrected chi connectivity index (χ4v) is 1.45. The lowest BCUT2D eigenvalue weighted by molar-refractivity contribution is -0.131. The predicted octanol–water partition coefficient (Wildman–Crippen LogP) is 1.20. The maximum atomic E-state index is 10.6. The van der Waals surface area contributed by atoms with Gasteiger partial charge in [-0.05, 0) is 6.08 Å². The Hall–Kier alpha value is -1.69. The van der Waals surface area contributed by atoms with Crippen LogP contribution in [0.1, 0.15) is 12.6 Å². The molecule has 1 heterocycles. The zero-order chi connectivity index (χ0) is 10.6. The molecule has 74 valence electrons. The maximum absolute atomic E-state index is 10.6. The number of hydrogen-bond donors (Lipinski definition) is 2. The molecular formula is C8H8N2O3S. The van der Waals surface area contributed by atoms with Crippen LogP contribution in [0, 0.1) is 0 Å². The summed E-state index contributed by atoms with van der Waals surface area (Å²) >= 11 is 1.24. The number of thiazole rings is 1. The molecule has 0 aliphatic rings. The number of amides is 1. The number of carboxylic acids is 1. The topological polar surface area (TPSA) is 79.3 Å². The van der Waals surface area contributed by atoms with Crippen LogP contribution in [0.2, 0.25) is 0 Å². The maximum Gasteiger partial charge on any atom is 0.328 e. The van der Waals surface area contributed by atoms with Crippen LogP contribution < -0.4 is 5.32 Å². The van der Waals surface area contributed by atoms with Crippen LogP contribution in [0.3, 0.4) is 0 Å². The van der Waals surface area contributed by atoms with Crippen molar-refractivity contribution >= 4 is 34.4 Å². The minimum Gasteiger partial charge on any atom is -0.478 e.